The normalized spacial score (nSPS) is 17.6. The molecule has 1 aromatic carbocycles. The first-order chi connectivity index (χ1) is 12.8. The van der Waals surface area contributed by atoms with Crippen LogP contribution in [0.1, 0.15) is 38.2 Å². The van der Waals surface area contributed by atoms with Gasteiger partial charge in [-0.05, 0) is 49.8 Å². The Morgan fingerprint density at radius 3 is 3.08 bits per heavy atom. The summed E-state index contributed by atoms with van der Waals surface area (Å²) in [6.45, 7) is 4.19. The van der Waals surface area contributed by atoms with Crippen molar-refractivity contribution in [2.24, 2.45) is 0 Å². The van der Waals surface area contributed by atoms with Crippen LogP contribution in [0.4, 0.5) is 11.8 Å². The van der Waals surface area contributed by atoms with Crippen LogP contribution in [-0.2, 0) is 6.42 Å². The molecule has 1 saturated heterocycles. The van der Waals surface area contributed by atoms with Gasteiger partial charge in [0.1, 0.15) is 5.82 Å². The van der Waals surface area contributed by atoms with Gasteiger partial charge in [0, 0.05) is 42.4 Å². The van der Waals surface area contributed by atoms with Gasteiger partial charge in [-0.2, -0.15) is 4.98 Å². The number of benzene rings is 1. The maximum Gasteiger partial charge on any atom is 0.224 e. The molecular formula is C21H27N5. The van der Waals surface area contributed by atoms with E-state index in [0.717, 1.165) is 31.3 Å². The number of rotatable bonds is 6. The van der Waals surface area contributed by atoms with Crippen molar-refractivity contribution in [1.82, 2.24) is 15.0 Å². The number of hydrogen-bond acceptors (Lipinski definition) is 4. The molecule has 0 aliphatic carbocycles. The molecule has 0 amide bonds. The standard InChI is InChI=1S/C21H27N5/c1-2-17-7-5-6-14-26(17)20-11-13-23-21(25-20)22-12-10-16-15-24-19-9-4-3-8-18(16)19/h3-4,8-9,11,13,15,17,24H,2,5-7,10,12,14H2,1H3,(H,22,23,25). The molecule has 0 spiro atoms. The molecule has 1 aliphatic rings. The number of para-hydroxylation sites is 1. The first-order valence-electron chi connectivity index (χ1n) is 9.73. The Hall–Kier alpha value is -2.56. The van der Waals surface area contributed by atoms with Gasteiger partial charge in [0.2, 0.25) is 5.95 Å². The number of hydrogen-bond donors (Lipinski definition) is 2. The van der Waals surface area contributed by atoms with Gasteiger partial charge in [0.25, 0.3) is 0 Å². The van der Waals surface area contributed by atoms with Crippen molar-refractivity contribution < 1.29 is 0 Å². The van der Waals surface area contributed by atoms with Crippen LogP contribution < -0.4 is 10.2 Å². The van der Waals surface area contributed by atoms with E-state index < -0.39 is 0 Å². The first kappa shape index (κ1) is 16.9. The van der Waals surface area contributed by atoms with Crippen LogP contribution in [0, 0.1) is 0 Å². The second-order valence-electron chi connectivity index (χ2n) is 7.03. The zero-order valence-electron chi connectivity index (χ0n) is 15.4. The molecule has 5 heteroatoms. The van der Waals surface area contributed by atoms with Crippen molar-refractivity contribution in [1.29, 1.82) is 0 Å². The maximum atomic E-state index is 4.77. The topological polar surface area (TPSA) is 56.8 Å². The molecule has 1 aliphatic heterocycles. The van der Waals surface area contributed by atoms with E-state index in [0.29, 0.717) is 6.04 Å². The van der Waals surface area contributed by atoms with E-state index in [9.17, 15) is 0 Å². The van der Waals surface area contributed by atoms with Crippen molar-refractivity contribution in [2.45, 2.75) is 45.1 Å². The van der Waals surface area contributed by atoms with Crippen molar-refractivity contribution in [3.63, 3.8) is 0 Å². The molecule has 4 rings (SSSR count). The number of anilines is 2. The molecular weight excluding hydrogens is 322 g/mol. The van der Waals surface area contributed by atoms with Gasteiger partial charge in [-0.15, -0.1) is 0 Å². The molecule has 0 radical (unpaired) electrons. The molecule has 136 valence electrons. The summed E-state index contributed by atoms with van der Waals surface area (Å²) in [5.41, 5.74) is 2.52. The maximum absolute atomic E-state index is 4.77. The summed E-state index contributed by atoms with van der Waals surface area (Å²) in [6.07, 6.45) is 9.94. The van der Waals surface area contributed by atoms with Crippen LogP contribution in [-0.4, -0.2) is 34.1 Å². The van der Waals surface area contributed by atoms with E-state index in [2.05, 4.69) is 57.6 Å². The third-order valence-electron chi connectivity index (χ3n) is 5.39. The van der Waals surface area contributed by atoms with Gasteiger partial charge < -0.3 is 15.2 Å². The number of H-pyrrole nitrogens is 1. The van der Waals surface area contributed by atoms with E-state index >= 15 is 0 Å². The number of aromatic nitrogens is 3. The van der Waals surface area contributed by atoms with Crippen LogP contribution in [0.5, 0.6) is 0 Å². The molecule has 2 aromatic heterocycles. The summed E-state index contributed by atoms with van der Waals surface area (Å²) >= 11 is 0. The van der Waals surface area contributed by atoms with Crippen LogP contribution in [0.3, 0.4) is 0 Å². The van der Waals surface area contributed by atoms with Gasteiger partial charge in [-0.25, -0.2) is 4.98 Å². The van der Waals surface area contributed by atoms with Crippen LogP contribution in [0.2, 0.25) is 0 Å². The van der Waals surface area contributed by atoms with E-state index in [1.807, 2.05) is 12.3 Å². The quantitative estimate of drug-likeness (QED) is 0.693. The highest BCUT2D eigenvalue weighted by Crippen LogP contribution is 2.25. The van der Waals surface area contributed by atoms with Gasteiger partial charge in [-0.1, -0.05) is 25.1 Å². The summed E-state index contributed by atoms with van der Waals surface area (Å²) in [4.78, 5) is 15.0. The Kier molecular flexibility index (Phi) is 5.04. The Morgan fingerprint density at radius 2 is 2.15 bits per heavy atom. The lowest BCUT2D eigenvalue weighted by atomic mass is 10.0. The molecule has 1 atom stereocenters. The van der Waals surface area contributed by atoms with Crippen molar-refractivity contribution >= 4 is 22.7 Å². The fourth-order valence-electron chi connectivity index (χ4n) is 3.97. The number of aromatic amines is 1. The highest BCUT2D eigenvalue weighted by molar-refractivity contribution is 5.83. The summed E-state index contributed by atoms with van der Waals surface area (Å²) < 4.78 is 0. The van der Waals surface area contributed by atoms with Gasteiger partial charge >= 0.3 is 0 Å². The first-order valence-corrected chi connectivity index (χ1v) is 9.73. The lowest BCUT2D eigenvalue weighted by Gasteiger charge is -2.36. The van der Waals surface area contributed by atoms with E-state index in [1.54, 1.807) is 0 Å². The third kappa shape index (κ3) is 3.52. The largest absolute Gasteiger partial charge is 0.361 e. The molecule has 0 bridgehead atoms. The lowest BCUT2D eigenvalue weighted by Crippen LogP contribution is -2.39. The molecule has 1 fully saturated rings. The minimum absolute atomic E-state index is 0.609. The Labute approximate surface area is 154 Å². The number of nitrogens with zero attached hydrogens (tertiary/aromatic N) is 3. The predicted octanol–water partition coefficient (Wildman–Crippen LogP) is 4.38. The molecule has 5 nitrogen and oxygen atoms in total. The number of fused-ring (bicyclic) bond motifs is 1. The molecule has 3 heterocycles. The minimum Gasteiger partial charge on any atom is -0.361 e. The fourth-order valence-corrected chi connectivity index (χ4v) is 3.97. The SMILES string of the molecule is CCC1CCCCN1c1ccnc(NCCc2c[nH]c3ccccc23)n1. The van der Waals surface area contributed by atoms with Gasteiger partial charge in [0.15, 0.2) is 0 Å². The Bertz CT molecular complexity index is 856. The summed E-state index contributed by atoms with van der Waals surface area (Å²) in [6, 6.07) is 11.1. The molecule has 26 heavy (non-hydrogen) atoms. The van der Waals surface area contributed by atoms with E-state index in [-0.39, 0.29) is 0 Å². The second kappa shape index (κ2) is 7.77. The van der Waals surface area contributed by atoms with Crippen molar-refractivity contribution in [3.05, 3.63) is 48.3 Å². The number of nitrogens with one attached hydrogen (secondary N) is 2. The van der Waals surface area contributed by atoms with Crippen LogP contribution >= 0.6 is 0 Å². The van der Waals surface area contributed by atoms with Crippen LogP contribution in [0.25, 0.3) is 10.9 Å². The smallest absolute Gasteiger partial charge is 0.224 e. The number of piperidine rings is 1. The average molecular weight is 349 g/mol. The molecule has 2 N–H and O–H groups in total. The second-order valence-corrected chi connectivity index (χ2v) is 7.03. The zero-order chi connectivity index (χ0) is 17.8. The highest BCUT2D eigenvalue weighted by Gasteiger charge is 2.22. The Morgan fingerprint density at radius 1 is 1.23 bits per heavy atom. The molecule has 0 saturated carbocycles. The van der Waals surface area contributed by atoms with Gasteiger partial charge in [-0.3, -0.25) is 0 Å². The predicted molar refractivity (Wildman–Crippen MR) is 108 cm³/mol. The van der Waals surface area contributed by atoms with E-state index in [1.165, 1.54) is 42.1 Å². The highest BCUT2D eigenvalue weighted by atomic mass is 15.2. The van der Waals surface area contributed by atoms with Gasteiger partial charge in [0.05, 0.1) is 0 Å². The van der Waals surface area contributed by atoms with E-state index in [4.69, 9.17) is 4.98 Å². The van der Waals surface area contributed by atoms with Crippen molar-refractivity contribution in [2.75, 3.05) is 23.3 Å². The zero-order valence-corrected chi connectivity index (χ0v) is 15.4. The Balaban J connectivity index is 1.41. The minimum atomic E-state index is 0.609. The molecule has 1 unspecified atom stereocenters. The van der Waals surface area contributed by atoms with Crippen molar-refractivity contribution in [3.8, 4) is 0 Å². The molecule has 3 aromatic rings. The summed E-state index contributed by atoms with van der Waals surface area (Å²) in [5, 5.41) is 4.69. The average Bonchev–Trinajstić information content (AvgIpc) is 3.11. The summed E-state index contributed by atoms with van der Waals surface area (Å²) in [7, 11) is 0. The fraction of sp³-hybridized carbons (Fsp3) is 0.429. The summed E-state index contributed by atoms with van der Waals surface area (Å²) in [5.74, 6) is 1.78. The third-order valence-corrected chi connectivity index (χ3v) is 5.39. The lowest BCUT2D eigenvalue weighted by molar-refractivity contribution is 0.447. The van der Waals surface area contributed by atoms with Crippen LogP contribution in [0.15, 0.2) is 42.7 Å². The monoisotopic (exact) mass is 349 g/mol.